The molecule has 1 heterocycles. The number of anilines is 3. The quantitative estimate of drug-likeness (QED) is 0.126. The molecule has 13 rings (SSSR count). The van der Waals surface area contributed by atoms with Gasteiger partial charge in [-0.05, 0) is 170 Å². The molecule has 1 atom stereocenters. The zero-order valence-corrected chi connectivity index (χ0v) is 41.5. The summed E-state index contributed by atoms with van der Waals surface area (Å²) in [6, 6.07) is 77.0. The third-order valence-corrected chi connectivity index (χ3v) is 16.2. The van der Waals surface area contributed by atoms with Crippen LogP contribution in [0, 0.1) is 6.92 Å². The first-order valence-corrected chi connectivity index (χ1v) is 25.1. The van der Waals surface area contributed by atoms with Crippen LogP contribution in [0.15, 0.2) is 200 Å². The molecule has 0 aromatic heterocycles. The van der Waals surface area contributed by atoms with Gasteiger partial charge in [0.1, 0.15) is 7.85 Å². The molecule has 11 aromatic rings. The molecule has 0 amide bonds. The van der Waals surface area contributed by atoms with E-state index < -0.39 is 5.41 Å². The van der Waals surface area contributed by atoms with Crippen molar-refractivity contribution in [3.63, 3.8) is 0 Å². The second kappa shape index (κ2) is 15.2. The minimum absolute atomic E-state index is 0.0385. The first-order chi connectivity index (χ1) is 33.8. The highest BCUT2D eigenvalue weighted by Crippen LogP contribution is 2.65. The maximum absolute atomic E-state index is 2.59. The fourth-order valence-corrected chi connectivity index (χ4v) is 12.7. The van der Waals surface area contributed by atoms with Crippen molar-refractivity contribution in [3.05, 3.63) is 239 Å². The maximum atomic E-state index is 2.59. The van der Waals surface area contributed by atoms with Crippen LogP contribution in [0.4, 0.5) is 17.1 Å². The zero-order valence-electron chi connectivity index (χ0n) is 41.5. The molecule has 0 fully saturated rings. The van der Waals surface area contributed by atoms with Gasteiger partial charge in [-0.25, -0.2) is 0 Å². The predicted octanol–water partition coefficient (Wildman–Crippen LogP) is 16.9. The standard InChI is InChI=1S/C68H56BN/c1-41-47-18-8-10-20-51(47)63(52-21-11-9-19-48(41)52)42-28-35-49-50-36-29-43(64-53-22-12-14-24-55(53)65(69)56-25-15-13-23-54(56)64)39-59(50)68(58(49)38-42)57-26-16-17-27-61(57)70(46-33-30-44(31-34-46)66(2,3)4)62-37-32-45(40-60(62)68)67(5,6)7/h8-40H,69H2,1-7H3. The molecule has 0 saturated heterocycles. The highest BCUT2D eigenvalue weighted by atomic mass is 15.2. The Balaban J connectivity index is 1.18. The SMILES string of the molecule is Bc1c2ccccc2c(-c2ccc3c(c2)C2(c4cc(-c5c6ccccc6c(C)c6ccccc56)ccc4-3)c3ccccc3N(c3ccc(C(C)(C)C)cc3)c3ccc(C(C)(C)C)cc32)c2ccccc12. The fourth-order valence-electron chi connectivity index (χ4n) is 12.7. The topological polar surface area (TPSA) is 3.24 Å². The van der Waals surface area contributed by atoms with Crippen molar-refractivity contribution in [1.29, 1.82) is 0 Å². The number of nitrogens with zero attached hydrogens (tertiary/aromatic N) is 1. The van der Waals surface area contributed by atoms with E-state index in [0.29, 0.717) is 0 Å². The molecule has 1 nitrogen and oxygen atoms in total. The van der Waals surface area contributed by atoms with Gasteiger partial charge < -0.3 is 4.90 Å². The maximum Gasteiger partial charge on any atom is 0.140 e. The molecule has 1 spiro atoms. The predicted molar refractivity (Wildman–Crippen MR) is 303 cm³/mol. The largest absolute Gasteiger partial charge is 0.310 e. The minimum Gasteiger partial charge on any atom is -0.310 e. The van der Waals surface area contributed by atoms with Gasteiger partial charge >= 0.3 is 0 Å². The molecule has 1 aliphatic carbocycles. The Kier molecular flexibility index (Phi) is 9.19. The summed E-state index contributed by atoms with van der Waals surface area (Å²) in [6.45, 7) is 16.2. The summed E-state index contributed by atoms with van der Waals surface area (Å²) in [5.74, 6) is 0. The number of hydrogen-bond donors (Lipinski definition) is 0. The smallest absolute Gasteiger partial charge is 0.140 e. The van der Waals surface area contributed by atoms with Crippen molar-refractivity contribution in [2.45, 2.75) is 64.7 Å². The van der Waals surface area contributed by atoms with Gasteiger partial charge in [0.15, 0.2) is 0 Å². The summed E-state index contributed by atoms with van der Waals surface area (Å²) in [5.41, 5.74) is 21.0. The van der Waals surface area contributed by atoms with Gasteiger partial charge in [-0.2, -0.15) is 0 Å². The van der Waals surface area contributed by atoms with E-state index in [1.807, 2.05) is 0 Å². The zero-order chi connectivity index (χ0) is 47.8. The van der Waals surface area contributed by atoms with Crippen LogP contribution in [0.3, 0.4) is 0 Å². The normalized spacial score (nSPS) is 15.2. The van der Waals surface area contributed by atoms with Crippen molar-refractivity contribution >= 4 is 73.5 Å². The van der Waals surface area contributed by atoms with E-state index in [2.05, 4.69) is 261 Å². The Morgan fingerprint density at radius 1 is 0.371 bits per heavy atom. The number of para-hydroxylation sites is 1. The highest BCUT2D eigenvalue weighted by Gasteiger charge is 2.52. The summed E-state index contributed by atoms with van der Waals surface area (Å²) in [7, 11) is 2.28. The first-order valence-electron chi connectivity index (χ1n) is 25.1. The average molecular weight is 898 g/mol. The minimum atomic E-state index is -0.682. The molecule has 70 heavy (non-hydrogen) atoms. The summed E-state index contributed by atoms with van der Waals surface area (Å²) < 4.78 is 0. The van der Waals surface area contributed by atoms with Crippen LogP contribution < -0.4 is 10.4 Å². The lowest BCUT2D eigenvalue weighted by Gasteiger charge is -2.46. The van der Waals surface area contributed by atoms with E-state index in [-0.39, 0.29) is 10.8 Å². The van der Waals surface area contributed by atoms with Gasteiger partial charge in [0.05, 0.1) is 16.8 Å². The van der Waals surface area contributed by atoms with Crippen molar-refractivity contribution in [3.8, 4) is 33.4 Å². The molecule has 0 radical (unpaired) electrons. The van der Waals surface area contributed by atoms with Crippen LogP contribution in [0.25, 0.3) is 76.5 Å². The Hall–Kier alpha value is -7.68. The van der Waals surface area contributed by atoms with Crippen LogP contribution in [0.1, 0.15) is 80.5 Å². The highest BCUT2D eigenvalue weighted by molar-refractivity contribution is 6.46. The molecular formula is C68H56BN. The van der Waals surface area contributed by atoms with Gasteiger partial charge in [-0.1, -0.05) is 211 Å². The van der Waals surface area contributed by atoms with Gasteiger partial charge in [-0.3, -0.25) is 0 Å². The van der Waals surface area contributed by atoms with E-state index in [1.54, 1.807) is 0 Å². The molecule has 2 heteroatoms. The Bertz CT molecular complexity index is 3700. The summed E-state index contributed by atoms with van der Waals surface area (Å²) >= 11 is 0. The second-order valence-corrected chi connectivity index (χ2v) is 22.1. The molecule has 0 saturated carbocycles. The van der Waals surface area contributed by atoms with E-state index in [9.17, 15) is 0 Å². The molecule has 1 aliphatic heterocycles. The number of hydrogen-bond acceptors (Lipinski definition) is 1. The van der Waals surface area contributed by atoms with Crippen LogP contribution in [0.2, 0.25) is 0 Å². The van der Waals surface area contributed by atoms with E-state index in [0.717, 1.165) is 5.69 Å². The Labute approximate surface area is 413 Å². The lowest BCUT2D eigenvalue weighted by molar-refractivity contribution is 0.587. The van der Waals surface area contributed by atoms with Crippen LogP contribution in [0.5, 0.6) is 0 Å². The third kappa shape index (κ3) is 5.99. The van der Waals surface area contributed by atoms with Crippen LogP contribution in [-0.4, -0.2) is 7.85 Å². The lowest BCUT2D eigenvalue weighted by atomic mass is 9.63. The van der Waals surface area contributed by atoms with E-state index in [4.69, 9.17) is 0 Å². The molecule has 0 N–H and O–H groups in total. The lowest BCUT2D eigenvalue weighted by Crippen LogP contribution is -2.36. The van der Waals surface area contributed by atoms with Crippen molar-refractivity contribution in [1.82, 2.24) is 0 Å². The van der Waals surface area contributed by atoms with Gasteiger partial charge in [-0.15, -0.1) is 0 Å². The van der Waals surface area contributed by atoms with Crippen LogP contribution in [-0.2, 0) is 16.2 Å². The average Bonchev–Trinajstić information content (AvgIpc) is 3.65. The number of rotatable bonds is 3. The molecule has 2 aliphatic rings. The van der Waals surface area contributed by atoms with Crippen molar-refractivity contribution in [2.24, 2.45) is 0 Å². The van der Waals surface area contributed by atoms with Crippen LogP contribution >= 0.6 is 0 Å². The fraction of sp³-hybridized carbons (Fsp3) is 0.147. The molecule has 336 valence electrons. The van der Waals surface area contributed by atoms with Gasteiger partial charge in [0.25, 0.3) is 0 Å². The number of aryl methyl sites for hydroxylation is 1. The first kappa shape index (κ1) is 42.4. The summed E-state index contributed by atoms with van der Waals surface area (Å²) in [5, 5.41) is 10.3. The monoisotopic (exact) mass is 897 g/mol. The Morgan fingerprint density at radius 3 is 1.29 bits per heavy atom. The Morgan fingerprint density at radius 2 is 0.786 bits per heavy atom. The van der Waals surface area contributed by atoms with Gasteiger partial charge in [0.2, 0.25) is 0 Å². The molecule has 0 bridgehead atoms. The summed E-state index contributed by atoms with van der Waals surface area (Å²) in [6.07, 6.45) is 0. The van der Waals surface area contributed by atoms with Crippen molar-refractivity contribution in [2.75, 3.05) is 4.90 Å². The van der Waals surface area contributed by atoms with E-state index >= 15 is 0 Å². The molecule has 1 unspecified atom stereocenters. The molecule has 11 aromatic carbocycles. The van der Waals surface area contributed by atoms with E-state index in [1.165, 1.54) is 132 Å². The number of benzene rings is 11. The summed E-state index contributed by atoms with van der Waals surface area (Å²) in [4.78, 5) is 2.54. The van der Waals surface area contributed by atoms with Gasteiger partial charge in [0, 0.05) is 5.69 Å². The third-order valence-electron chi connectivity index (χ3n) is 16.2. The van der Waals surface area contributed by atoms with Crippen molar-refractivity contribution < 1.29 is 0 Å². The molecular weight excluding hydrogens is 842 g/mol. The second-order valence-electron chi connectivity index (χ2n) is 22.1. The number of fused-ring (bicyclic) bond motifs is 13.